The summed E-state index contributed by atoms with van der Waals surface area (Å²) < 4.78 is 13.1. The van der Waals surface area contributed by atoms with Crippen LogP contribution in [0.4, 0.5) is 4.39 Å². The standard InChI is InChI=1S/C26H26FNO2/c27-24-12-8-21(9-13-24)18-20-6-10-23(11-7-20)26(30)14-16-28(17-15-26)19-25(29)22-4-2-1-3-5-22/h1-13,30H,14-19H2. The normalized spacial score (nSPS) is 16.3. The molecule has 154 valence electrons. The van der Waals surface area contributed by atoms with Crippen LogP contribution in [-0.2, 0) is 12.0 Å². The number of hydrogen-bond donors (Lipinski definition) is 1. The molecule has 0 bridgehead atoms. The number of piperidine rings is 1. The molecule has 4 heteroatoms. The van der Waals surface area contributed by atoms with Gasteiger partial charge in [0.25, 0.3) is 0 Å². The van der Waals surface area contributed by atoms with Crippen molar-refractivity contribution in [2.24, 2.45) is 0 Å². The minimum atomic E-state index is -0.860. The topological polar surface area (TPSA) is 40.5 Å². The fourth-order valence-corrected chi connectivity index (χ4v) is 4.06. The van der Waals surface area contributed by atoms with Crippen LogP contribution in [0.5, 0.6) is 0 Å². The SMILES string of the molecule is O=C(CN1CCC(O)(c2ccc(Cc3ccc(F)cc3)cc2)CC1)c1ccccc1. The number of ketones is 1. The molecule has 1 saturated heterocycles. The minimum absolute atomic E-state index is 0.117. The summed E-state index contributed by atoms with van der Waals surface area (Å²) in [6, 6.07) is 23.9. The smallest absolute Gasteiger partial charge is 0.176 e. The predicted octanol–water partition coefficient (Wildman–Crippen LogP) is 4.58. The molecule has 3 aromatic rings. The average molecular weight is 403 g/mol. The Morgan fingerprint density at radius 2 is 1.43 bits per heavy atom. The number of rotatable bonds is 6. The number of likely N-dealkylation sites (tertiary alicyclic amines) is 1. The molecule has 1 heterocycles. The van der Waals surface area contributed by atoms with Crippen LogP contribution in [0.2, 0.25) is 0 Å². The zero-order chi connectivity index (χ0) is 21.0. The third kappa shape index (κ3) is 4.84. The first-order valence-electron chi connectivity index (χ1n) is 10.4. The van der Waals surface area contributed by atoms with Gasteiger partial charge in [-0.25, -0.2) is 4.39 Å². The number of aliphatic hydroxyl groups is 1. The van der Waals surface area contributed by atoms with Gasteiger partial charge in [-0.3, -0.25) is 9.69 Å². The van der Waals surface area contributed by atoms with Crippen molar-refractivity contribution in [2.75, 3.05) is 19.6 Å². The van der Waals surface area contributed by atoms with Crippen LogP contribution < -0.4 is 0 Å². The van der Waals surface area contributed by atoms with Crippen LogP contribution in [0.25, 0.3) is 0 Å². The molecule has 0 radical (unpaired) electrons. The highest BCUT2D eigenvalue weighted by Crippen LogP contribution is 2.33. The van der Waals surface area contributed by atoms with Gasteiger partial charge in [0.2, 0.25) is 0 Å². The van der Waals surface area contributed by atoms with Crippen molar-refractivity contribution >= 4 is 5.78 Å². The first kappa shape index (κ1) is 20.5. The third-order valence-corrected chi connectivity index (χ3v) is 5.96. The number of halogens is 1. The van der Waals surface area contributed by atoms with E-state index in [0.717, 1.165) is 28.7 Å². The van der Waals surface area contributed by atoms with Gasteiger partial charge in [0.15, 0.2) is 5.78 Å². The second-order valence-corrected chi connectivity index (χ2v) is 8.10. The largest absolute Gasteiger partial charge is 0.385 e. The van der Waals surface area contributed by atoms with Crippen LogP contribution in [0.1, 0.15) is 39.9 Å². The molecule has 0 atom stereocenters. The van der Waals surface area contributed by atoms with Crippen LogP contribution in [0, 0.1) is 5.82 Å². The van der Waals surface area contributed by atoms with E-state index in [0.29, 0.717) is 32.5 Å². The summed E-state index contributed by atoms with van der Waals surface area (Å²) in [6.45, 7) is 1.76. The molecule has 1 aliphatic rings. The molecule has 1 N–H and O–H groups in total. The van der Waals surface area contributed by atoms with Gasteiger partial charge in [-0.2, -0.15) is 0 Å². The maximum Gasteiger partial charge on any atom is 0.176 e. The fourth-order valence-electron chi connectivity index (χ4n) is 4.06. The van der Waals surface area contributed by atoms with Crippen LogP contribution in [0.15, 0.2) is 78.9 Å². The maximum absolute atomic E-state index is 13.1. The lowest BCUT2D eigenvalue weighted by atomic mass is 9.84. The Morgan fingerprint density at radius 3 is 2.03 bits per heavy atom. The molecule has 1 fully saturated rings. The Morgan fingerprint density at radius 1 is 0.867 bits per heavy atom. The van der Waals surface area contributed by atoms with Gasteiger partial charge >= 0.3 is 0 Å². The van der Waals surface area contributed by atoms with E-state index < -0.39 is 5.60 Å². The average Bonchev–Trinajstić information content (AvgIpc) is 2.78. The van der Waals surface area contributed by atoms with Gasteiger partial charge < -0.3 is 5.11 Å². The molecule has 0 aliphatic carbocycles. The first-order valence-corrected chi connectivity index (χ1v) is 10.4. The molecule has 3 nitrogen and oxygen atoms in total. The second-order valence-electron chi connectivity index (χ2n) is 8.10. The first-order chi connectivity index (χ1) is 14.5. The highest BCUT2D eigenvalue weighted by molar-refractivity contribution is 5.97. The number of carbonyl (C=O) groups excluding carboxylic acids is 1. The molecule has 4 rings (SSSR count). The lowest BCUT2D eigenvalue weighted by molar-refractivity contribution is -0.0245. The van der Waals surface area contributed by atoms with Gasteiger partial charge in [0.05, 0.1) is 12.1 Å². The van der Waals surface area contributed by atoms with Crippen molar-refractivity contribution in [1.82, 2.24) is 4.90 Å². The van der Waals surface area contributed by atoms with Gasteiger partial charge in [0, 0.05) is 18.7 Å². The van der Waals surface area contributed by atoms with Gasteiger partial charge in [-0.05, 0) is 48.1 Å². The summed E-state index contributed by atoms with van der Waals surface area (Å²) in [5, 5.41) is 11.2. The molecule has 0 unspecified atom stereocenters. The van der Waals surface area contributed by atoms with E-state index >= 15 is 0 Å². The van der Waals surface area contributed by atoms with E-state index in [1.54, 1.807) is 12.1 Å². The number of carbonyl (C=O) groups is 1. The van der Waals surface area contributed by atoms with Crippen molar-refractivity contribution in [3.63, 3.8) is 0 Å². The predicted molar refractivity (Wildman–Crippen MR) is 116 cm³/mol. The summed E-state index contributed by atoms with van der Waals surface area (Å²) in [6.07, 6.45) is 1.94. The molecule has 1 aliphatic heterocycles. The lowest BCUT2D eigenvalue weighted by Gasteiger charge is -2.38. The summed E-state index contributed by atoms with van der Waals surface area (Å²) in [4.78, 5) is 14.5. The molecular formula is C26H26FNO2. The molecular weight excluding hydrogens is 377 g/mol. The minimum Gasteiger partial charge on any atom is -0.385 e. The molecule has 0 spiro atoms. The van der Waals surface area contributed by atoms with Crippen LogP contribution >= 0.6 is 0 Å². The Labute approximate surface area is 176 Å². The molecule has 0 amide bonds. The monoisotopic (exact) mass is 403 g/mol. The Hall–Kier alpha value is -2.82. The molecule has 0 aromatic heterocycles. The van der Waals surface area contributed by atoms with Crippen molar-refractivity contribution in [3.05, 3.63) is 107 Å². The summed E-state index contributed by atoms with van der Waals surface area (Å²) >= 11 is 0. The molecule has 30 heavy (non-hydrogen) atoms. The Kier molecular flexibility index (Phi) is 6.07. The Bertz CT molecular complexity index is 976. The van der Waals surface area contributed by atoms with E-state index in [1.807, 2.05) is 54.6 Å². The van der Waals surface area contributed by atoms with Crippen molar-refractivity contribution in [3.8, 4) is 0 Å². The third-order valence-electron chi connectivity index (χ3n) is 5.96. The van der Waals surface area contributed by atoms with Crippen molar-refractivity contribution in [2.45, 2.75) is 24.9 Å². The molecule has 0 saturated carbocycles. The zero-order valence-electron chi connectivity index (χ0n) is 16.9. The highest BCUT2D eigenvalue weighted by Gasteiger charge is 2.34. The number of nitrogens with zero attached hydrogens (tertiary/aromatic N) is 1. The van der Waals surface area contributed by atoms with Gasteiger partial charge in [-0.1, -0.05) is 66.7 Å². The summed E-state index contributed by atoms with van der Waals surface area (Å²) in [5.41, 5.74) is 2.97. The zero-order valence-corrected chi connectivity index (χ0v) is 16.9. The quantitative estimate of drug-likeness (QED) is 0.613. The fraction of sp³-hybridized carbons (Fsp3) is 0.269. The van der Waals surface area contributed by atoms with Crippen molar-refractivity contribution < 1.29 is 14.3 Å². The Balaban J connectivity index is 1.34. The van der Waals surface area contributed by atoms with Gasteiger partial charge in [0.1, 0.15) is 5.82 Å². The number of hydrogen-bond acceptors (Lipinski definition) is 3. The number of Topliss-reactive ketones (excluding diaryl/α,β-unsaturated/α-hetero) is 1. The maximum atomic E-state index is 13.1. The van der Waals surface area contributed by atoms with E-state index in [4.69, 9.17) is 0 Å². The van der Waals surface area contributed by atoms with Crippen LogP contribution in [0.3, 0.4) is 0 Å². The van der Waals surface area contributed by atoms with E-state index in [9.17, 15) is 14.3 Å². The van der Waals surface area contributed by atoms with E-state index in [1.165, 1.54) is 12.1 Å². The van der Waals surface area contributed by atoms with E-state index in [-0.39, 0.29) is 11.6 Å². The van der Waals surface area contributed by atoms with Gasteiger partial charge in [-0.15, -0.1) is 0 Å². The summed E-state index contributed by atoms with van der Waals surface area (Å²) in [7, 11) is 0. The number of benzene rings is 3. The molecule has 3 aromatic carbocycles. The summed E-state index contributed by atoms with van der Waals surface area (Å²) in [5.74, 6) is -0.112. The second kappa shape index (κ2) is 8.90. The lowest BCUT2D eigenvalue weighted by Crippen LogP contribution is -2.44. The van der Waals surface area contributed by atoms with Crippen molar-refractivity contribution in [1.29, 1.82) is 0 Å². The van der Waals surface area contributed by atoms with E-state index in [2.05, 4.69) is 4.90 Å². The highest BCUT2D eigenvalue weighted by atomic mass is 19.1. The van der Waals surface area contributed by atoms with Crippen LogP contribution in [-0.4, -0.2) is 35.4 Å².